The van der Waals surface area contributed by atoms with Crippen molar-refractivity contribution in [3.63, 3.8) is 0 Å². The number of hydrogen-bond donors (Lipinski definition) is 1. The summed E-state index contributed by atoms with van der Waals surface area (Å²) in [7, 11) is 0. The lowest BCUT2D eigenvalue weighted by atomic mass is 9.85. The van der Waals surface area contributed by atoms with Gasteiger partial charge in [0, 0.05) is 5.41 Å². The fourth-order valence-corrected chi connectivity index (χ4v) is 4.03. The molecule has 0 unspecified atom stereocenters. The van der Waals surface area contributed by atoms with Crippen LogP contribution in [0, 0.1) is 5.92 Å². The number of halogens is 1. The van der Waals surface area contributed by atoms with Crippen molar-refractivity contribution in [2.75, 3.05) is 0 Å². The number of allylic oxidation sites excluding steroid dienone is 1. The average Bonchev–Trinajstić information content (AvgIpc) is 3.55. The Hall–Kier alpha value is -2.98. The van der Waals surface area contributed by atoms with Gasteiger partial charge in [-0.2, -0.15) is 5.10 Å². The zero-order chi connectivity index (χ0) is 20.1. The number of nitrogens with zero attached hydrogens (tertiary/aromatic N) is 1. The summed E-state index contributed by atoms with van der Waals surface area (Å²) in [6.45, 7) is 0. The van der Waals surface area contributed by atoms with Crippen molar-refractivity contribution in [2.24, 2.45) is 11.0 Å². The molecule has 3 aromatic rings. The van der Waals surface area contributed by atoms with Crippen LogP contribution in [0.1, 0.15) is 23.1 Å². The Bertz CT molecular complexity index is 991. The summed E-state index contributed by atoms with van der Waals surface area (Å²) in [5.74, 6) is -0.211. The number of nitrogens with one attached hydrogen (secondary N) is 1. The van der Waals surface area contributed by atoms with E-state index in [-0.39, 0.29) is 17.2 Å². The molecule has 3 nitrogen and oxygen atoms in total. The van der Waals surface area contributed by atoms with Gasteiger partial charge in [0.2, 0.25) is 5.91 Å². The van der Waals surface area contributed by atoms with E-state index < -0.39 is 0 Å². The lowest BCUT2D eigenvalue weighted by Crippen LogP contribution is -2.25. The summed E-state index contributed by atoms with van der Waals surface area (Å²) in [6, 6.07) is 30.4. The summed E-state index contributed by atoms with van der Waals surface area (Å²) in [4.78, 5) is 12.9. The van der Waals surface area contributed by atoms with Crippen LogP contribution in [0.2, 0.25) is 0 Å². The highest BCUT2D eigenvalue weighted by Gasteiger charge is 2.60. The quantitative estimate of drug-likeness (QED) is 0.394. The van der Waals surface area contributed by atoms with Crippen LogP contribution in [-0.2, 0) is 10.2 Å². The summed E-state index contributed by atoms with van der Waals surface area (Å²) >= 11 is 3.40. The van der Waals surface area contributed by atoms with Gasteiger partial charge in [-0.25, -0.2) is 5.43 Å². The van der Waals surface area contributed by atoms with E-state index in [1.54, 1.807) is 0 Å². The van der Waals surface area contributed by atoms with Crippen molar-refractivity contribution in [1.82, 2.24) is 5.43 Å². The maximum atomic E-state index is 12.9. The number of hydrogen-bond acceptors (Lipinski definition) is 2. The van der Waals surface area contributed by atoms with Gasteiger partial charge >= 0.3 is 0 Å². The molecule has 0 aliphatic heterocycles. The van der Waals surface area contributed by atoms with Crippen LogP contribution >= 0.6 is 15.9 Å². The Labute approximate surface area is 179 Å². The monoisotopic (exact) mass is 444 g/mol. The molecule has 0 saturated heterocycles. The molecule has 4 heteroatoms. The molecule has 1 amide bonds. The van der Waals surface area contributed by atoms with Crippen molar-refractivity contribution in [3.05, 3.63) is 114 Å². The van der Waals surface area contributed by atoms with Gasteiger partial charge in [-0.3, -0.25) is 4.79 Å². The number of hydrazone groups is 1. The highest BCUT2D eigenvalue weighted by Crippen LogP contribution is 2.58. The Balaban J connectivity index is 1.49. The number of carbonyl (C=O) groups is 1. The highest BCUT2D eigenvalue weighted by atomic mass is 79.9. The van der Waals surface area contributed by atoms with Gasteiger partial charge in [0.15, 0.2) is 0 Å². The predicted molar refractivity (Wildman–Crippen MR) is 122 cm³/mol. The van der Waals surface area contributed by atoms with Crippen LogP contribution in [0.15, 0.2) is 102 Å². The molecular weight excluding hydrogens is 424 g/mol. The predicted octanol–water partition coefficient (Wildman–Crippen LogP) is 5.53. The zero-order valence-corrected chi connectivity index (χ0v) is 17.4. The summed E-state index contributed by atoms with van der Waals surface area (Å²) in [5.41, 5.74) is 5.84. The van der Waals surface area contributed by atoms with Crippen LogP contribution in [0.25, 0.3) is 6.08 Å². The third kappa shape index (κ3) is 4.22. The van der Waals surface area contributed by atoms with E-state index in [0.717, 1.165) is 12.0 Å². The standard InChI is InChI=1S/C25H21BrN2O/c26-23(17-16-19-10-4-1-5-11-19)27-28-24(29)22-18-25(22,20-12-6-2-7-13-20)21-14-8-3-9-15-21/h1-17,22H,18H2,(H,28,29)/b17-16-,27-23?/t22-/m0/s1. The lowest BCUT2D eigenvalue weighted by molar-refractivity contribution is -0.122. The summed E-state index contributed by atoms with van der Waals surface area (Å²) < 4.78 is 0.570. The first-order valence-corrected chi connectivity index (χ1v) is 10.4. The van der Waals surface area contributed by atoms with Gasteiger partial charge in [-0.05, 0) is 45.1 Å². The van der Waals surface area contributed by atoms with E-state index in [1.165, 1.54) is 11.1 Å². The molecule has 1 atom stereocenters. The van der Waals surface area contributed by atoms with Crippen LogP contribution < -0.4 is 5.43 Å². The second kappa shape index (κ2) is 8.58. The van der Waals surface area contributed by atoms with Crippen molar-refractivity contribution in [3.8, 4) is 0 Å². The minimum absolute atomic E-state index is 0.0669. The molecule has 3 aromatic carbocycles. The Morgan fingerprint density at radius 3 is 1.97 bits per heavy atom. The molecule has 144 valence electrons. The topological polar surface area (TPSA) is 41.5 Å². The van der Waals surface area contributed by atoms with E-state index in [2.05, 4.69) is 50.7 Å². The molecule has 29 heavy (non-hydrogen) atoms. The lowest BCUT2D eigenvalue weighted by Gasteiger charge is -2.18. The number of carbonyl (C=O) groups excluding carboxylic acids is 1. The average molecular weight is 445 g/mol. The molecule has 1 aliphatic carbocycles. The molecule has 1 aliphatic rings. The van der Waals surface area contributed by atoms with Gasteiger partial charge in [0.25, 0.3) is 0 Å². The Morgan fingerprint density at radius 1 is 0.897 bits per heavy atom. The number of rotatable bonds is 6. The third-order valence-corrected chi connectivity index (χ3v) is 5.78. The first kappa shape index (κ1) is 19.3. The highest BCUT2D eigenvalue weighted by molar-refractivity contribution is 9.18. The van der Waals surface area contributed by atoms with Crippen LogP contribution in [0.5, 0.6) is 0 Å². The molecule has 0 bridgehead atoms. The second-order valence-corrected chi connectivity index (χ2v) is 7.93. The smallest absolute Gasteiger partial charge is 0.244 e. The summed E-state index contributed by atoms with van der Waals surface area (Å²) in [5, 5.41) is 4.20. The Morgan fingerprint density at radius 2 is 1.41 bits per heavy atom. The van der Waals surface area contributed by atoms with E-state index in [0.29, 0.717) is 4.62 Å². The SMILES string of the molecule is O=C(NN=C(Br)/C=C\c1ccccc1)[C@@H]1CC1(c1ccccc1)c1ccccc1. The fraction of sp³-hybridized carbons (Fsp3) is 0.120. The maximum Gasteiger partial charge on any atom is 0.244 e. The van der Waals surface area contributed by atoms with Crippen molar-refractivity contribution in [1.29, 1.82) is 0 Å². The second-order valence-electron chi connectivity index (χ2n) is 7.11. The largest absolute Gasteiger partial charge is 0.273 e. The Kier molecular flexibility index (Phi) is 5.72. The third-order valence-electron chi connectivity index (χ3n) is 5.34. The van der Waals surface area contributed by atoms with E-state index in [4.69, 9.17) is 0 Å². The molecule has 0 radical (unpaired) electrons. The molecular formula is C25H21BrN2O. The molecule has 1 fully saturated rings. The summed E-state index contributed by atoms with van der Waals surface area (Å²) in [6.07, 6.45) is 4.54. The van der Waals surface area contributed by atoms with Gasteiger partial charge in [0.05, 0.1) is 5.92 Å². The van der Waals surface area contributed by atoms with Crippen molar-refractivity contribution in [2.45, 2.75) is 11.8 Å². The fourth-order valence-electron chi connectivity index (χ4n) is 3.81. The van der Waals surface area contributed by atoms with Gasteiger partial charge in [0.1, 0.15) is 4.62 Å². The molecule has 0 heterocycles. The van der Waals surface area contributed by atoms with Crippen LogP contribution in [0.4, 0.5) is 0 Å². The normalized spacial score (nSPS) is 17.8. The van der Waals surface area contributed by atoms with Crippen LogP contribution in [-0.4, -0.2) is 10.5 Å². The van der Waals surface area contributed by atoms with E-state index in [9.17, 15) is 4.79 Å². The van der Waals surface area contributed by atoms with E-state index >= 15 is 0 Å². The number of amides is 1. The first-order chi connectivity index (χ1) is 14.2. The molecule has 4 rings (SSSR count). The van der Waals surface area contributed by atoms with E-state index in [1.807, 2.05) is 78.9 Å². The minimum atomic E-state index is -0.283. The van der Waals surface area contributed by atoms with Crippen molar-refractivity contribution >= 4 is 32.5 Å². The van der Waals surface area contributed by atoms with Crippen LogP contribution in [0.3, 0.4) is 0 Å². The maximum absolute atomic E-state index is 12.9. The zero-order valence-electron chi connectivity index (χ0n) is 15.8. The molecule has 1 saturated carbocycles. The molecule has 0 aromatic heterocycles. The van der Waals surface area contributed by atoms with Gasteiger partial charge in [-0.15, -0.1) is 0 Å². The minimum Gasteiger partial charge on any atom is -0.273 e. The number of benzene rings is 3. The molecule has 1 N–H and O–H groups in total. The van der Waals surface area contributed by atoms with Crippen molar-refractivity contribution < 1.29 is 4.79 Å². The van der Waals surface area contributed by atoms with Gasteiger partial charge in [-0.1, -0.05) is 97.1 Å². The first-order valence-electron chi connectivity index (χ1n) is 9.57. The molecule has 0 spiro atoms. The van der Waals surface area contributed by atoms with Gasteiger partial charge < -0.3 is 0 Å².